The molecule has 1 saturated carbocycles. The molecule has 0 spiro atoms. The van der Waals surface area contributed by atoms with Crippen LogP contribution < -0.4 is 10.6 Å². The van der Waals surface area contributed by atoms with Crippen molar-refractivity contribution in [2.45, 2.75) is 64.3 Å². The summed E-state index contributed by atoms with van der Waals surface area (Å²) in [6, 6.07) is 21.9. The molecule has 1 atom stereocenters. The van der Waals surface area contributed by atoms with Gasteiger partial charge in [-0.05, 0) is 67.7 Å². The van der Waals surface area contributed by atoms with Crippen LogP contribution in [0.1, 0.15) is 40.0 Å². The number of benzene rings is 2. The second kappa shape index (κ2) is 9.77. The average Bonchev–Trinajstić information content (AvgIpc) is 2.71. The zero-order valence-electron chi connectivity index (χ0n) is 19.3. The van der Waals surface area contributed by atoms with Crippen LogP contribution in [0.5, 0.6) is 0 Å². The quantitative estimate of drug-likeness (QED) is 0.344. The first kappa shape index (κ1) is 23.2. The minimum atomic E-state index is -1.75. The summed E-state index contributed by atoms with van der Waals surface area (Å²) in [6.07, 6.45) is 7.04. The summed E-state index contributed by atoms with van der Waals surface area (Å²) in [5.41, 5.74) is 2.73. The molecule has 0 radical (unpaired) electrons. The van der Waals surface area contributed by atoms with Gasteiger partial charge in [0.15, 0.2) is 8.32 Å². The molecule has 0 amide bonds. The minimum Gasteiger partial charge on any atom is -0.414 e. The molecule has 3 rings (SSSR count). The Balaban J connectivity index is 1.78. The third-order valence-corrected chi connectivity index (χ3v) is 13.5. The van der Waals surface area contributed by atoms with Crippen molar-refractivity contribution in [3.05, 3.63) is 84.5 Å². The van der Waals surface area contributed by atoms with Crippen molar-refractivity contribution in [2.75, 3.05) is 6.16 Å². The van der Waals surface area contributed by atoms with E-state index < -0.39 is 16.2 Å². The zero-order valence-corrected chi connectivity index (χ0v) is 21.2. The van der Waals surface area contributed by atoms with E-state index in [0.717, 1.165) is 25.4 Å². The molecule has 3 heteroatoms. The molecule has 0 unspecified atom stereocenters. The first-order valence-electron chi connectivity index (χ1n) is 11.1. The average molecular weight is 437 g/mol. The van der Waals surface area contributed by atoms with E-state index in [0.29, 0.717) is 6.10 Å². The molecule has 1 fully saturated rings. The van der Waals surface area contributed by atoms with E-state index in [4.69, 9.17) is 4.43 Å². The molecular formula is C27H37OPSi. The van der Waals surface area contributed by atoms with Crippen molar-refractivity contribution in [3.63, 3.8) is 0 Å². The molecule has 0 bridgehead atoms. The van der Waals surface area contributed by atoms with Crippen LogP contribution in [0.2, 0.25) is 18.1 Å². The lowest BCUT2D eigenvalue weighted by Crippen LogP contribution is -2.44. The molecular weight excluding hydrogens is 399 g/mol. The lowest BCUT2D eigenvalue weighted by atomic mass is 9.89. The summed E-state index contributed by atoms with van der Waals surface area (Å²) in [5, 5.41) is 3.12. The lowest BCUT2D eigenvalue weighted by molar-refractivity contribution is 0.164. The highest BCUT2D eigenvalue weighted by Gasteiger charge is 2.39. The molecule has 160 valence electrons. The van der Waals surface area contributed by atoms with Crippen molar-refractivity contribution in [2.24, 2.45) is 0 Å². The maximum absolute atomic E-state index is 6.76. The predicted octanol–water partition coefficient (Wildman–Crippen LogP) is 7.18. The van der Waals surface area contributed by atoms with Gasteiger partial charge in [0.05, 0.1) is 0 Å². The van der Waals surface area contributed by atoms with Crippen LogP contribution >= 0.6 is 7.92 Å². The maximum Gasteiger partial charge on any atom is 0.192 e. The highest BCUT2D eigenvalue weighted by Crippen LogP contribution is 2.41. The van der Waals surface area contributed by atoms with Gasteiger partial charge >= 0.3 is 0 Å². The Labute approximate surface area is 186 Å². The third kappa shape index (κ3) is 5.81. The van der Waals surface area contributed by atoms with Crippen molar-refractivity contribution in [1.82, 2.24) is 0 Å². The van der Waals surface area contributed by atoms with Gasteiger partial charge in [0, 0.05) is 6.10 Å². The molecule has 0 heterocycles. The van der Waals surface area contributed by atoms with Gasteiger partial charge in [-0.15, -0.1) is 0 Å². The molecule has 0 saturated heterocycles. The fourth-order valence-electron chi connectivity index (χ4n) is 3.69. The minimum absolute atomic E-state index is 0.250. The van der Waals surface area contributed by atoms with E-state index >= 15 is 0 Å². The Hall–Kier alpha value is -1.47. The van der Waals surface area contributed by atoms with Crippen molar-refractivity contribution >= 4 is 26.8 Å². The Morgan fingerprint density at radius 3 is 2.03 bits per heavy atom. The topological polar surface area (TPSA) is 9.23 Å². The van der Waals surface area contributed by atoms with Gasteiger partial charge in [-0.3, -0.25) is 0 Å². The van der Waals surface area contributed by atoms with Crippen LogP contribution in [0.25, 0.3) is 0 Å². The Bertz CT molecular complexity index is 825. The number of rotatable bonds is 6. The van der Waals surface area contributed by atoms with Gasteiger partial charge in [0.1, 0.15) is 0 Å². The van der Waals surface area contributed by atoms with E-state index in [2.05, 4.69) is 107 Å². The second-order valence-electron chi connectivity index (χ2n) is 9.86. The first-order chi connectivity index (χ1) is 14.2. The Morgan fingerprint density at radius 2 is 1.53 bits per heavy atom. The molecule has 2 aromatic rings. The van der Waals surface area contributed by atoms with Crippen molar-refractivity contribution in [1.29, 1.82) is 0 Å². The van der Waals surface area contributed by atoms with Gasteiger partial charge in [0.25, 0.3) is 0 Å². The number of hydrogen-bond acceptors (Lipinski definition) is 1. The van der Waals surface area contributed by atoms with Gasteiger partial charge in [-0.1, -0.05) is 99.7 Å². The summed E-state index contributed by atoms with van der Waals surface area (Å²) < 4.78 is 6.76. The monoisotopic (exact) mass is 436 g/mol. The van der Waals surface area contributed by atoms with Crippen LogP contribution in [0.15, 0.2) is 84.5 Å². The van der Waals surface area contributed by atoms with E-state index in [1.54, 1.807) is 0 Å². The Kier molecular flexibility index (Phi) is 7.55. The predicted molar refractivity (Wildman–Crippen MR) is 137 cm³/mol. The number of hydrogen-bond donors (Lipinski definition) is 0. The van der Waals surface area contributed by atoms with Gasteiger partial charge < -0.3 is 4.43 Å². The fraction of sp³-hybridized carbons (Fsp3) is 0.407. The molecule has 30 heavy (non-hydrogen) atoms. The summed E-state index contributed by atoms with van der Waals surface area (Å²) in [6.45, 7) is 16.1. The van der Waals surface area contributed by atoms with E-state index in [1.165, 1.54) is 21.8 Å². The summed E-state index contributed by atoms with van der Waals surface area (Å²) >= 11 is 0. The molecule has 0 N–H and O–H groups in total. The van der Waals surface area contributed by atoms with Gasteiger partial charge in [0.2, 0.25) is 0 Å². The largest absolute Gasteiger partial charge is 0.414 e. The molecule has 0 aliphatic heterocycles. The fourth-order valence-corrected chi connectivity index (χ4v) is 7.26. The van der Waals surface area contributed by atoms with E-state index in [1.807, 2.05) is 0 Å². The molecule has 1 aliphatic rings. The smallest absolute Gasteiger partial charge is 0.192 e. The summed E-state index contributed by atoms with van der Waals surface area (Å²) in [5.74, 6) is 0. The second-order valence-corrected chi connectivity index (χ2v) is 16.9. The highest BCUT2D eigenvalue weighted by atomic mass is 31.1. The van der Waals surface area contributed by atoms with E-state index in [-0.39, 0.29) is 5.04 Å². The SMILES string of the molecule is C=C1CC[C@H](O[Si](C)(C)C(C)(C)C)C/C1=C/CP(c1ccccc1)c1ccccc1. The highest BCUT2D eigenvalue weighted by molar-refractivity contribution is 7.73. The zero-order chi connectivity index (χ0) is 21.8. The third-order valence-electron chi connectivity index (χ3n) is 6.59. The van der Waals surface area contributed by atoms with E-state index in [9.17, 15) is 0 Å². The van der Waals surface area contributed by atoms with Crippen LogP contribution in [0.4, 0.5) is 0 Å². The molecule has 1 nitrogen and oxygen atoms in total. The maximum atomic E-state index is 6.76. The van der Waals surface area contributed by atoms with Crippen molar-refractivity contribution < 1.29 is 4.43 Å². The Morgan fingerprint density at radius 1 is 1.00 bits per heavy atom. The van der Waals surface area contributed by atoms with Gasteiger partial charge in [-0.2, -0.15) is 0 Å². The van der Waals surface area contributed by atoms with Crippen LogP contribution in [-0.2, 0) is 4.43 Å². The molecule has 2 aromatic carbocycles. The first-order valence-corrected chi connectivity index (χ1v) is 15.5. The van der Waals surface area contributed by atoms with Crippen LogP contribution in [0.3, 0.4) is 0 Å². The van der Waals surface area contributed by atoms with Crippen LogP contribution in [0, 0.1) is 0 Å². The molecule has 1 aliphatic carbocycles. The number of allylic oxidation sites excluding steroid dienone is 2. The lowest BCUT2D eigenvalue weighted by Gasteiger charge is -2.41. The van der Waals surface area contributed by atoms with Gasteiger partial charge in [-0.25, -0.2) is 0 Å². The van der Waals surface area contributed by atoms with Crippen LogP contribution in [-0.4, -0.2) is 20.6 Å². The summed E-state index contributed by atoms with van der Waals surface area (Å²) in [4.78, 5) is 0. The normalized spacial score (nSPS) is 19.5. The standard InChI is InChI=1S/C27H37OPSi/c1-22-17-18-24(28-30(5,6)27(2,3)4)21-23(22)19-20-29(25-13-9-7-10-14-25)26-15-11-8-12-16-26/h7-16,19,24H,1,17-18,20-21H2,2-6H3/b23-19-/t24-/m0/s1. The molecule has 0 aromatic heterocycles. The van der Waals surface area contributed by atoms with Crippen molar-refractivity contribution in [3.8, 4) is 0 Å². The summed E-state index contributed by atoms with van der Waals surface area (Å²) in [7, 11) is -2.15.